The first-order valence-electron chi connectivity index (χ1n) is 9.73. The molecule has 0 saturated carbocycles. The molecule has 0 aliphatic carbocycles. The summed E-state index contributed by atoms with van der Waals surface area (Å²) in [5.41, 5.74) is 0. The maximum absolute atomic E-state index is 8.69. The first-order valence-corrected chi connectivity index (χ1v) is 9.73. The molecule has 0 spiro atoms. The molecule has 0 rings (SSSR count). The Morgan fingerprint density at radius 1 is 0.524 bits per heavy atom. The lowest BCUT2D eigenvalue weighted by Gasteiger charge is -2.04. The molecule has 128 valence electrons. The largest absolute Gasteiger partial charge is 0.396 e. The Morgan fingerprint density at radius 3 is 1.29 bits per heavy atom. The molecule has 0 radical (unpaired) electrons. The SMILES string of the molecule is CCCNCCCCCCCCCCCCCCCCO. The van der Waals surface area contributed by atoms with Gasteiger partial charge in [-0.05, 0) is 32.4 Å². The van der Waals surface area contributed by atoms with E-state index in [9.17, 15) is 0 Å². The quantitative estimate of drug-likeness (QED) is 0.330. The molecule has 2 N–H and O–H groups in total. The molecular weight excluding hydrogens is 258 g/mol. The predicted molar refractivity (Wildman–Crippen MR) is 94.9 cm³/mol. The van der Waals surface area contributed by atoms with Crippen molar-refractivity contribution in [2.75, 3.05) is 19.7 Å². The first-order chi connectivity index (χ1) is 10.4. The minimum atomic E-state index is 0.370. The van der Waals surface area contributed by atoms with Crippen molar-refractivity contribution in [2.45, 2.75) is 103 Å². The van der Waals surface area contributed by atoms with Gasteiger partial charge in [0.1, 0.15) is 0 Å². The normalized spacial score (nSPS) is 11.1. The fourth-order valence-corrected chi connectivity index (χ4v) is 2.78. The maximum Gasteiger partial charge on any atom is 0.0431 e. The van der Waals surface area contributed by atoms with E-state index >= 15 is 0 Å². The zero-order valence-electron chi connectivity index (χ0n) is 14.7. The Morgan fingerprint density at radius 2 is 0.905 bits per heavy atom. The summed E-state index contributed by atoms with van der Waals surface area (Å²) >= 11 is 0. The summed E-state index contributed by atoms with van der Waals surface area (Å²) < 4.78 is 0. The first kappa shape index (κ1) is 20.9. The van der Waals surface area contributed by atoms with Gasteiger partial charge in [-0.25, -0.2) is 0 Å². The molecule has 0 bridgehead atoms. The Labute approximate surface area is 134 Å². The van der Waals surface area contributed by atoms with E-state index in [1.807, 2.05) is 0 Å². The van der Waals surface area contributed by atoms with E-state index in [1.165, 1.54) is 103 Å². The molecule has 0 fully saturated rings. The van der Waals surface area contributed by atoms with Gasteiger partial charge in [0.15, 0.2) is 0 Å². The van der Waals surface area contributed by atoms with E-state index in [0.717, 1.165) is 6.42 Å². The van der Waals surface area contributed by atoms with E-state index in [2.05, 4.69) is 12.2 Å². The Bertz CT molecular complexity index is 155. The highest BCUT2D eigenvalue weighted by molar-refractivity contribution is 4.51. The fourth-order valence-electron chi connectivity index (χ4n) is 2.78. The van der Waals surface area contributed by atoms with Crippen LogP contribution in [0.2, 0.25) is 0 Å². The third kappa shape index (κ3) is 19.9. The van der Waals surface area contributed by atoms with E-state index in [-0.39, 0.29) is 0 Å². The van der Waals surface area contributed by atoms with E-state index in [0.29, 0.717) is 6.61 Å². The third-order valence-corrected chi connectivity index (χ3v) is 4.19. The van der Waals surface area contributed by atoms with Gasteiger partial charge >= 0.3 is 0 Å². The van der Waals surface area contributed by atoms with Crippen molar-refractivity contribution in [3.63, 3.8) is 0 Å². The second kappa shape index (κ2) is 19.9. The molecule has 0 aromatic rings. The van der Waals surface area contributed by atoms with Gasteiger partial charge < -0.3 is 10.4 Å². The summed E-state index contributed by atoms with van der Waals surface area (Å²) in [7, 11) is 0. The second-order valence-corrected chi connectivity index (χ2v) is 6.42. The molecule has 0 aliphatic rings. The average molecular weight is 300 g/mol. The summed E-state index contributed by atoms with van der Waals surface area (Å²) in [6, 6.07) is 0. The van der Waals surface area contributed by atoms with Gasteiger partial charge in [0.2, 0.25) is 0 Å². The van der Waals surface area contributed by atoms with E-state index in [1.54, 1.807) is 0 Å². The number of hydrogen-bond acceptors (Lipinski definition) is 2. The van der Waals surface area contributed by atoms with Gasteiger partial charge in [-0.15, -0.1) is 0 Å². The fraction of sp³-hybridized carbons (Fsp3) is 1.00. The number of rotatable bonds is 18. The number of aliphatic hydroxyl groups excluding tert-OH is 1. The number of hydrogen-bond donors (Lipinski definition) is 2. The minimum Gasteiger partial charge on any atom is -0.396 e. The molecule has 2 nitrogen and oxygen atoms in total. The second-order valence-electron chi connectivity index (χ2n) is 6.42. The van der Waals surface area contributed by atoms with Crippen molar-refractivity contribution in [2.24, 2.45) is 0 Å². The lowest BCUT2D eigenvalue weighted by molar-refractivity contribution is 0.282. The van der Waals surface area contributed by atoms with Crippen molar-refractivity contribution in [1.29, 1.82) is 0 Å². The van der Waals surface area contributed by atoms with Crippen LogP contribution in [0.15, 0.2) is 0 Å². The van der Waals surface area contributed by atoms with Crippen LogP contribution in [0.1, 0.15) is 103 Å². The Hall–Kier alpha value is -0.0800. The highest BCUT2D eigenvalue weighted by atomic mass is 16.2. The van der Waals surface area contributed by atoms with Crippen molar-refractivity contribution >= 4 is 0 Å². The number of unbranched alkanes of at least 4 members (excludes halogenated alkanes) is 13. The van der Waals surface area contributed by atoms with Crippen LogP contribution >= 0.6 is 0 Å². The molecule has 0 heterocycles. The molecule has 0 saturated heterocycles. The summed E-state index contributed by atoms with van der Waals surface area (Å²) in [6.07, 6.45) is 20.3. The van der Waals surface area contributed by atoms with Crippen LogP contribution in [0.4, 0.5) is 0 Å². The molecular formula is C19H41NO. The molecule has 2 heteroatoms. The molecule has 0 aromatic carbocycles. The van der Waals surface area contributed by atoms with Gasteiger partial charge in [0.25, 0.3) is 0 Å². The van der Waals surface area contributed by atoms with Gasteiger partial charge in [0, 0.05) is 6.61 Å². The molecule has 0 aromatic heterocycles. The highest BCUT2D eigenvalue weighted by Gasteiger charge is 1.94. The van der Waals surface area contributed by atoms with Crippen molar-refractivity contribution < 1.29 is 5.11 Å². The molecule has 0 aliphatic heterocycles. The van der Waals surface area contributed by atoms with Gasteiger partial charge in [-0.2, -0.15) is 0 Å². The molecule has 21 heavy (non-hydrogen) atoms. The number of nitrogens with one attached hydrogen (secondary N) is 1. The standard InChI is InChI=1S/C19H41NO/c1-2-17-20-18-15-13-11-9-7-5-3-4-6-8-10-12-14-16-19-21/h20-21H,2-19H2,1H3. The van der Waals surface area contributed by atoms with Crippen LogP contribution in [0, 0.1) is 0 Å². The molecule has 0 unspecified atom stereocenters. The average Bonchev–Trinajstić information content (AvgIpc) is 2.50. The molecule has 0 atom stereocenters. The number of aliphatic hydroxyl groups is 1. The lowest BCUT2D eigenvalue weighted by atomic mass is 10.0. The van der Waals surface area contributed by atoms with Crippen LogP contribution in [-0.4, -0.2) is 24.8 Å². The maximum atomic E-state index is 8.69. The predicted octanol–water partition coefficient (Wildman–Crippen LogP) is 5.44. The smallest absolute Gasteiger partial charge is 0.0431 e. The van der Waals surface area contributed by atoms with Crippen molar-refractivity contribution in [1.82, 2.24) is 5.32 Å². The van der Waals surface area contributed by atoms with Crippen LogP contribution < -0.4 is 5.32 Å². The zero-order valence-corrected chi connectivity index (χ0v) is 14.7. The summed E-state index contributed by atoms with van der Waals surface area (Å²) in [6.45, 7) is 4.99. The van der Waals surface area contributed by atoms with Crippen LogP contribution in [0.3, 0.4) is 0 Å². The van der Waals surface area contributed by atoms with Crippen molar-refractivity contribution in [3.05, 3.63) is 0 Å². The highest BCUT2D eigenvalue weighted by Crippen LogP contribution is 2.12. The Kier molecular flexibility index (Phi) is 19.8. The van der Waals surface area contributed by atoms with Crippen molar-refractivity contribution in [3.8, 4) is 0 Å². The van der Waals surface area contributed by atoms with Gasteiger partial charge in [-0.1, -0.05) is 84.0 Å². The van der Waals surface area contributed by atoms with Crippen LogP contribution in [0.5, 0.6) is 0 Å². The monoisotopic (exact) mass is 299 g/mol. The topological polar surface area (TPSA) is 32.3 Å². The van der Waals surface area contributed by atoms with E-state index in [4.69, 9.17) is 5.11 Å². The van der Waals surface area contributed by atoms with Gasteiger partial charge in [0.05, 0.1) is 0 Å². The van der Waals surface area contributed by atoms with Gasteiger partial charge in [-0.3, -0.25) is 0 Å². The minimum absolute atomic E-state index is 0.370. The zero-order chi connectivity index (χ0) is 15.4. The lowest BCUT2D eigenvalue weighted by Crippen LogP contribution is -2.15. The van der Waals surface area contributed by atoms with E-state index < -0.39 is 0 Å². The van der Waals surface area contributed by atoms with Crippen LogP contribution in [-0.2, 0) is 0 Å². The summed E-state index contributed by atoms with van der Waals surface area (Å²) in [5, 5.41) is 12.2. The van der Waals surface area contributed by atoms with Crippen LogP contribution in [0.25, 0.3) is 0 Å². The Balaban J connectivity index is 2.90. The summed E-state index contributed by atoms with van der Waals surface area (Å²) in [5.74, 6) is 0. The molecule has 0 amide bonds. The third-order valence-electron chi connectivity index (χ3n) is 4.19. The summed E-state index contributed by atoms with van der Waals surface area (Å²) in [4.78, 5) is 0.